The van der Waals surface area contributed by atoms with Crippen molar-refractivity contribution in [2.24, 2.45) is 0 Å². The van der Waals surface area contributed by atoms with Crippen LogP contribution in [0.15, 0.2) is 24.3 Å². The van der Waals surface area contributed by atoms with E-state index >= 15 is 0 Å². The van der Waals surface area contributed by atoms with Crippen molar-refractivity contribution in [1.82, 2.24) is 10.2 Å². The Bertz CT molecular complexity index is 643. The van der Waals surface area contributed by atoms with Gasteiger partial charge in [0.1, 0.15) is 5.75 Å². The molecule has 27 heavy (non-hydrogen) atoms. The Morgan fingerprint density at radius 1 is 1.22 bits per heavy atom. The molecule has 9 heteroatoms. The van der Waals surface area contributed by atoms with Gasteiger partial charge in [-0.2, -0.15) is 0 Å². The predicted molar refractivity (Wildman–Crippen MR) is 94.2 cm³/mol. The molecule has 0 spiro atoms. The highest BCUT2D eigenvalue weighted by atomic mass is 19.4. The molecule has 0 aromatic heterocycles. The van der Waals surface area contributed by atoms with Crippen LogP contribution in [-0.2, 0) is 9.59 Å². The van der Waals surface area contributed by atoms with Crippen LogP contribution in [0.25, 0.3) is 0 Å². The van der Waals surface area contributed by atoms with E-state index in [4.69, 9.17) is 0 Å². The molecule has 1 aliphatic rings. The van der Waals surface area contributed by atoms with Crippen LogP contribution in [0.1, 0.15) is 32.6 Å². The average Bonchev–Trinajstić information content (AvgIpc) is 3.07. The summed E-state index contributed by atoms with van der Waals surface area (Å²) >= 11 is 0. The van der Waals surface area contributed by atoms with Crippen molar-refractivity contribution in [1.29, 1.82) is 0 Å². The van der Waals surface area contributed by atoms with Gasteiger partial charge in [-0.1, -0.05) is 12.8 Å². The molecular formula is C18H24F3N3O3. The molecule has 0 radical (unpaired) electrons. The number of halogens is 3. The van der Waals surface area contributed by atoms with Gasteiger partial charge in [0.25, 0.3) is 0 Å². The highest BCUT2D eigenvalue weighted by molar-refractivity contribution is 5.92. The maximum atomic E-state index is 12.2. The number of hydrogen-bond acceptors (Lipinski definition) is 4. The third kappa shape index (κ3) is 7.09. The third-order valence-electron chi connectivity index (χ3n) is 4.51. The average molecular weight is 387 g/mol. The Balaban J connectivity index is 1.80. The van der Waals surface area contributed by atoms with Crippen molar-refractivity contribution in [2.45, 2.75) is 51.1 Å². The topological polar surface area (TPSA) is 70.7 Å². The first-order valence-corrected chi connectivity index (χ1v) is 8.80. The van der Waals surface area contributed by atoms with Crippen molar-refractivity contribution >= 4 is 17.5 Å². The van der Waals surface area contributed by atoms with Gasteiger partial charge in [0.15, 0.2) is 0 Å². The summed E-state index contributed by atoms with van der Waals surface area (Å²) in [5.41, 5.74) is 0.339. The number of anilines is 1. The summed E-state index contributed by atoms with van der Waals surface area (Å²) in [6, 6.07) is 4.60. The second-order valence-electron chi connectivity index (χ2n) is 6.70. The molecule has 6 nitrogen and oxygen atoms in total. The van der Waals surface area contributed by atoms with Crippen molar-refractivity contribution in [3.8, 4) is 5.75 Å². The second kappa shape index (κ2) is 9.07. The zero-order valence-electron chi connectivity index (χ0n) is 15.3. The van der Waals surface area contributed by atoms with Crippen molar-refractivity contribution in [3.05, 3.63) is 24.3 Å². The summed E-state index contributed by atoms with van der Waals surface area (Å²) in [6.07, 6.45) is -0.565. The number of alkyl halides is 3. The zero-order valence-corrected chi connectivity index (χ0v) is 15.3. The number of benzene rings is 1. The van der Waals surface area contributed by atoms with Crippen LogP contribution in [-0.4, -0.2) is 48.8 Å². The molecule has 2 N–H and O–H groups in total. The third-order valence-corrected chi connectivity index (χ3v) is 4.51. The SMILES string of the molecule is C[C@@H](C(=O)NC1CCCC1)N(C)CC(=O)Nc1ccc(OC(F)(F)F)cc1. The van der Waals surface area contributed by atoms with Gasteiger partial charge in [-0.15, -0.1) is 13.2 Å². The van der Waals surface area contributed by atoms with E-state index in [2.05, 4.69) is 15.4 Å². The lowest BCUT2D eigenvalue weighted by molar-refractivity contribution is -0.274. The largest absolute Gasteiger partial charge is 0.573 e. The highest BCUT2D eigenvalue weighted by Gasteiger charge is 2.31. The lowest BCUT2D eigenvalue weighted by Crippen LogP contribution is -2.48. The second-order valence-corrected chi connectivity index (χ2v) is 6.70. The van der Waals surface area contributed by atoms with Gasteiger partial charge in [-0.3, -0.25) is 14.5 Å². The van der Waals surface area contributed by atoms with Crippen LogP contribution in [0, 0.1) is 0 Å². The van der Waals surface area contributed by atoms with Crippen molar-refractivity contribution < 1.29 is 27.5 Å². The van der Waals surface area contributed by atoms with Crippen LogP contribution in [0.5, 0.6) is 5.75 Å². The molecular weight excluding hydrogens is 363 g/mol. The molecule has 1 atom stereocenters. The highest BCUT2D eigenvalue weighted by Crippen LogP contribution is 2.24. The quantitative estimate of drug-likeness (QED) is 0.755. The minimum absolute atomic E-state index is 0.0277. The van der Waals surface area contributed by atoms with Crippen LogP contribution >= 0.6 is 0 Å². The molecule has 1 aliphatic carbocycles. The maximum absolute atomic E-state index is 12.2. The Morgan fingerprint density at radius 2 is 1.81 bits per heavy atom. The molecule has 0 bridgehead atoms. The van der Waals surface area contributed by atoms with Gasteiger partial charge >= 0.3 is 6.36 Å². The van der Waals surface area contributed by atoms with Crippen molar-refractivity contribution in [2.75, 3.05) is 18.9 Å². The molecule has 2 rings (SSSR count). The number of likely N-dealkylation sites (N-methyl/N-ethyl adjacent to an activating group) is 1. The van der Waals surface area contributed by atoms with Crippen LogP contribution in [0.4, 0.5) is 18.9 Å². The lowest BCUT2D eigenvalue weighted by atomic mass is 10.2. The molecule has 150 valence electrons. The minimum Gasteiger partial charge on any atom is -0.406 e. The Morgan fingerprint density at radius 3 is 2.37 bits per heavy atom. The summed E-state index contributed by atoms with van der Waals surface area (Å²) in [5.74, 6) is -0.858. The van der Waals surface area contributed by atoms with E-state index in [1.165, 1.54) is 12.1 Å². The molecule has 0 aliphatic heterocycles. The number of ether oxygens (including phenoxy) is 1. The van der Waals surface area contributed by atoms with Gasteiger partial charge in [0.05, 0.1) is 12.6 Å². The Labute approximate surface area is 156 Å². The fraction of sp³-hybridized carbons (Fsp3) is 0.556. The first-order valence-electron chi connectivity index (χ1n) is 8.80. The van der Waals surface area contributed by atoms with Gasteiger partial charge in [0, 0.05) is 11.7 Å². The lowest BCUT2D eigenvalue weighted by Gasteiger charge is -2.25. The number of carbonyl (C=O) groups excluding carboxylic acids is 2. The fourth-order valence-electron chi connectivity index (χ4n) is 2.90. The van der Waals surface area contributed by atoms with Gasteiger partial charge in [0.2, 0.25) is 11.8 Å². The van der Waals surface area contributed by atoms with Gasteiger partial charge in [-0.05, 0) is 51.1 Å². The van der Waals surface area contributed by atoms with Gasteiger partial charge in [-0.25, -0.2) is 0 Å². The zero-order chi connectivity index (χ0) is 20.0. The first kappa shape index (κ1) is 21.0. The summed E-state index contributed by atoms with van der Waals surface area (Å²) < 4.78 is 40.2. The maximum Gasteiger partial charge on any atom is 0.573 e. The molecule has 0 heterocycles. The summed E-state index contributed by atoms with van der Waals surface area (Å²) in [7, 11) is 1.67. The molecule has 1 aromatic rings. The fourth-order valence-corrected chi connectivity index (χ4v) is 2.90. The van der Waals surface area contributed by atoms with E-state index in [0.717, 1.165) is 37.8 Å². The monoisotopic (exact) mass is 387 g/mol. The minimum atomic E-state index is -4.76. The van der Waals surface area contributed by atoms with E-state index in [1.807, 2.05) is 0 Å². The van der Waals surface area contributed by atoms with Gasteiger partial charge < -0.3 is 15.4 Å². The molecule has 1 fully saturated rings. The number of hydrogen-bond donors (Lipinski definition) is 2. The van der Waals surface area contributed by atoms with Crippen molar-refractivity contribution in [3.63, 3.8) is 0 Å². The summed E-state index contributed by atoms with van der Waals surface area (Å²) in [5, 5.41) is 5.57. The Hall–Kier alpha value is -2.29. The number of nitrogens with zero attached hydrogens (tertiary/aromatic N) is 1. The van der Waals surface area contributed by atoms with E-state index < -0.39 is 12.4 Å². The van der Waals surface area contributed by atoms with Crippen LogP contribution in [0.2, 0.25) is 0 Å². The molecule has 0 unspecified atom stereocenters. The predicted octanol–water partition coefficient (Wildman–Crippen LogP) is 2.90. The number of amides is 2. The van der Waals surface area contributed by atoms with Crippen LogP contribution < -0.4 is 15.4 Å². The standard InChI is InChI=1S/C18H24F3N3O3/c1-12(17(26)23-13-5-3-4-6-13)24(2)11-16(25)22-14-7-9-15(10-8-14)27-18(19,20)21/h7-10,12-13H,3-6,11H2,1-2H3,(H,22,25)(H,23,26)/t12-/m0/s1. The van der Waals surface area contributed by atoms with E-state index in [1.54, 1.807) is 18.9 Å². The number of rotatable bonds is 7. The molecule has 1 saturated carbocycles. The summed E-state index contributed by atoms with van der Waals surface area (Å²) in [4.78, 5) is 26.0. The Kier molecular flexibility index (Phi) is 7.06. The number of carbonyl (C=O) groups is 2. The van der Waals surface area contributed by atoms with E-state index in [-0.39, 0.29) is 30.2 Å². The normalized spacial score (nSPS) is 16.2. The number of nitrogens with one attached hydrogen (secondary N) is 2. The van der Waals surface area contributed by atoms with E-state index in [0.29, 0.717) is 5.69 Å². The molecule has 0 saturated heterocycles. The molecule has 1 aromatic carbocycles. The van der Waals surface area contributed by atoms with E-state index in [9.17, 15) is 22.8 Å². The van der Waals surface area contributed by atoms with Crippen LogP contribution in [0.3, 0.4) is 0 Å². The smallest absolute Gasteiger partial charge is 0.406 e. The summed E-state index contributed by atoms with van der Waals surface area (Å²) in [6.45, 7) is 1.70. The first-order chi connectivity index (χ1) is 12.6. The molecule has 2 amide bonds.